The topological polar surface area (TPSA) is 32.3 Å². The molecular formula is C15H17F4NO. The lowest BCUT2D eigenvalue weighted by molar-refractivity contribution is -0.137. The summed E-state index contributed by atoms with van der Waals surface area (Å²) < 4.78 is 51.6. The summed E-state index contributed by atoms with van der Waals surface area (Å²) in [6, 6.07) is 2.93. The quantitative estimate of drug-likeness (QED) is 0.823. The largest absolute Gasteiger partial charge is 0.416 e. The van der Waals surface area contributed by atoms with E-state index in [-0.39, 0.29) is 24.1 Å². The van der Waals surface area contributed by atoms with Gasteiger partial charge in [0.05, 0.1) is 11.2 Å². The minimum absolute atomic E-state index is 0.0581. The molecule has 0 saturated carbocycles. The first kappa shape index (κ1) is 14.8. The molecule has 2 heterocycles. The van der Waals surface area contributed by atoms with Crippen LogP contribution in [-0.2, 0) is 12.6 Å². The Morgan fingerprint density at radius 1 is 1.14 bits per heavy atom. The fourth-order valence-electron chi connectivity index (χ4n) is 3.67. The van der Waals surface area contributed by atoms with Gasteiger partial charge in [-0.15, -0.1) is 0 Å². The Morgan fingerprint density at radius 2 is 1.76 bits per heavy atom. The number of hydrogen-bond donors (Lipinski definition) is 2. The molecule has 2 saturated heterocycles. The van der Waals surface area contributed by atoms with Gasteiger partial charge in [0.2, 0.25) is 0 Å². The lowest BCUT2D eigenvalue weighted by atomic mass is 9.82. The predicted octanol–water partition coefficient (Wildman–Crippen LogP) is 3.03. The van der Waals surface area contributed by atoms with Crippen LogP contribution in [0.15, 0.2) is 18.2 Å². The van der Waals surface area contributed by atoms with Crippen LogP contribution in [-0.4, -0.2) is 22.8 Å². The number of aliphatic hydroxyl groups is 1. The molecule has 0 amide bonds. The molecule has 0 spiro atoms. The molecule has 2 unspecified atom stereocenters. The third kappa shape index (κ3) is 3.21. The average Bonchev–Trinajstić information content (AvgIpc) is 2.67. The van der Waals surface area contributed by atoms with Crippen molar-refractivity contribution in [1.29, 1.82) is 0 Å². The van der Waals surface area contributed by atoms with E-state index in [1.54, 1.807) is 0 Å². The molecule has 0 aromatic heterocycles. The molecule has 2 fully saturated rings. The second-order valence-electron chi connectivity index (χ2n) is 6.29. The van der Waals surface area contributed by atoms with Crippen LogP contribution in [0.25, 0.3) is 0 Å². The summed E-state index contributed by atoms with van der Waals surface area (Å²) in [5, 5.41) is 14.0. The molecule has 116 valence electrons. The van der Waals surface area contributed by atoms with Crippen LogP contribution in [0.3, 0.4) is 0 Å². The van der Waals surface area contributed by atoms with Crippen LogP contribution >= 0.6 is 0 Å². The monoisotopic (exact) mass is 303 g/mol. The van der Waals surface area contributed by atoms with Crippen molar-refractivity contribution in [2.24, 2.45) is 0 Å². The zero-order valence-corrected chi connectivity index (χ0v) is 11.4. The normalized spacial score (nSPS) is 32.4. The summed E-state index contributed by atoms with van der Waals surface area (Å²) in [5.41, 5.74) is -1.85. The Bertz CT molecular complexity index is 531. The van der Waals surface area contributed by atoms with Gasteiger partial charge in [-0.2, -0.15) is 13.2 Å². The van der Waals surface area contributed by atoms with Crippen molar-refractivity contribution >= 4 is 0 Å². The highest BCUT2D eigenvalue weighted by Gasteiger charge is 2.42. The van der Waals surface area contributed by atoms with Gasteiger partial charge in [0.1, 0.15) is 5.82 Å². The van der Waals surface area contributed by atoms with Crippen LogP contribution in [0.5, 0.6) is 0 Å². The first-order valence-electron chi connectivity index (χ1n) is 7.09. The second kappa shape index (κ2) is 4.95. The predicted molar refractivity (Wildman–Crippen MR) is 69.2 cm³/mol. The Morgan fingerprint density at radius 3 is 2.33 bits per heavy atom. The van der Waals surface area contributed by atoms with Crippen LogP contribution in [0, 0.1) is 5.82 Å². The molecule has 2 nitrogen and oxygen atoms in total. The van der Waals surface area contributed by atoms with Gasteiger partial charge in [-0.25, -0.2) is 4.39 Å². The molecule has 1 aromatic carbocycles. The van der Waals surface area contributed by atoms with Gasteiger partial charge >= 0.3 is 6.18 Å². The highest BCUT2D eigenvalue weighted by Crippen LogP contribution is 2.37. The van der Waals surface area contributed by atoms with Crippen LogP contribution < -0.4 is 5.32 Å². The van der Waals surface area contributed by atoms with E-state index >= 15 is 0 Å². The van der Waals surface area contributed by atoms with Gasteiger partial charge in [0, 0.05) is 18.5 Å². The van der Waals surface area contributed by atoms with E-state index in [1.165, 1.54) is 0 Å². The molecule has 2 N–H and O–H groups in total. The Kier molecular flexibility index (Phi) is 3.48. The number of alkyl halides is 3. The number of benzene rings is 1. The van der Waals surface area contributed by atoms with E-state index in [0.717, 1.165) is 25.0 Å². The van der Waals surface area contributed by atoms with Crippen molar-refractivity contribution in [3.8, 4) is 0 Å². The van der Waals surface area contributed by atoms with Gasteiger partial charge in [0.25, 0.3) is 0 Å². The van der Waals surface area contributed by atoms with Crippen LogP contribution in [0.1, 0.15) is 36.8 Å². The molecule has 1 aromatic rings. The maximum atomic E-state index is 13.4. The first-order valence-corrected chi connectivity index (χ1v) is 7.09. The van der Waals surface area contributed by atoms with E-state index < -0.39 is 23.2 Å². The summed E-state index contributed by atoms with van der Waals surface area (Å²) in [6.45, 7) is 0. The van der Waals surface area contributed by atoms with Crippen LogP contribution in [0.2, 0.25) is 0 Å². The lowest BCUT2D eigenvalue weighted by Gasteiger charge is -2.37. The summed E-state index contributed by atoms with van der Waals surface area (Å²) in [5.74, 6) is -0.916. The standard InChI is InChI=1S/C15H17F4NO/c16-11-4-9(3-10(5-11)15(17,18)19)6-14(21)7-12-1-2-13(8-14)20-12/h3-5,12-13,20-21H,1-2,6-8H2. The molecule has 2 aliphatic rings. The zero-order valence-electron chi connectivity index (χ0n) is 11.4. The molecule has 0 aliphatic carbocycles. The highest BCUT2D eigenvalue weighted by molar-refractivity contribution is 5.28. The Balaban J connectivity index is 1.83. The number of halogens is 4. The van der Waals surface area contributed by atoms with Crippen molar-refractivity contribution in [3.63, 3.8) is 0 Å². The minimum Gasteiger partial charge on any atom is -0.389 e. The molecule has 2 atom stereocenters. The maximum absolute atomic E-state index is 13.4. The number of fused-ring (bicyclic) bond motifs is 2. The SMILES string of the molecule is OC1(Cc2cc(F)cc(C(F)(F)F)c2)CC2CCC(C1)N2. The first-order chi connectivity index (χ1) is 9.73. The molecule has 2 bridgehead atoms. The number of piperidine rings is 1. The molecule has 0 radical (unpaired) electrons. The third-order valence-electron chi connectivity index (χ3n) is 4.41. The summed E-state index contributed by atoms with van der Waals surface area (Å²) in [4.78, 5) is 0. The number of hydrogen-bond acceptors (Lipinski definition) is 2. The fourth-order valence-corrected chi connectivity index (χ4v) is 3.67. The highest BCUT2D eigenvalue weighted by atomic mass is 19.4. The van der Waals surface area contributed by atoms with Crippen molar-refractivity contribution in [1.82, 2.24) is 5.32 Å². The zero-order chi connectivity index (χ0) is 15.3. The van der Waals surface area contributed by atoms with Gasteiger partial charge in [-0.1, -0.05) is 0 Å². The van der Waals surface area contributed by atoms with Crippen molar-refractivity contribution in [3.05, 3.63) is 35.1 Å². The molecule has 6 heteroatoms. The van der Waals surface area contributed by atoms with Gasteiger partial charge in [-0.3, -0.25) is 0 Å². The second-order valence-corrected chi connectivity index (χ2v) is 6.29. The lowest BCUT2D eigenvalue weighted by Crippen LogP contribution is -2.49. The maximum Gasteiger partial charge on any atom is 0.416 e. The van der Waals surface area contributed by atoms with Crippen molar-refractivity contribution in [2.75, 3.05) is 0 Å². The van der Waals surface area contributed by atoms with Crippen LogP contribution in [0.4, 0.5) is 17.6 Å². The number of rotatable bonds is 2. The third-order valence-corrected chi connectivity index (χ3v) is 4.41. The minimum atomic E-state index is -4.58. The van der Waals surface area contributed by atoms with Crippen molar-refractivity contribution in [2.45, 2.75) is 56.0 Å². The molecule has 2 aliphatic heterocycles. The Hall–Kier alpha value is -1.14. The molecular weight excluding hydrogens is 286 g/mol. The van der Waals surface area contributed by atoms with E-state index in [2.05, 4.69) is 5.32 Å². The Labute approximate surface area is 120 Å². The van der Waals surface area contributed by atoms with E-state index in [0.29, 0.717) is 18.9 Å². The van der Waals surface area contributed by atoms with E-state index in [9.17, 15) is 22.7 Å². The van der Waals surface area contributed by atoms with E-state index in [4.69, 9.17) is 0 Å². The summed E-state index contributed by atoms with van der Waals surface area (Å²) in [6.07, 6.45) is -1.56. The van der Waals surface area contributed by atoms with Crippen molar-refractivity contribution < 1.29 is 22.7 Å². The van der Waals surface area contributed by atoms with Gasteiger partial charge < -0.3 is 10.4 Å². The van der Waals surface area contributed by atoms with Gasteiger partial charge in [0.15, 0.2) is 0 Å². The average molecular weight is 303 g/mol. The number of nitrogens with one attached hydrogen (secondary N) is 1. The fraction of sp³-hybridized carbons (Fsp3) is 0.600. The molecule has 3 rings (SSSR count). The van der Waals surface area contributed by atoms with Gasteiger partial charge in [-0.05, 0) is 49.4 Å². The molecule has 21 heavy (non-hydrogen) atoms. The summed E-state index contributed by atoms with van der Waals surface area (Å²) >= 11 is 0. The van der Waals surface area contributed by atoms with E-state index in [1.807, 2.05) is 0 Å². The summed E-state index contributed by atoms with van der Waals surface area (Å²) in [7, 11) is 0. The smallest absolute Gasteiger partial charge is 0.389 e.